The lowest BCUT2D eigenvalue weighted by molar-refractivity contribution is 0.0599. The summed E-state index contributed by atoms with van der Waals surface area (Å²) in [4.78, 5) is 20.5. The van der Waals surface area contributed by atoms with Crippen LogP contribution in [0.25, 0.3) is 11.2 Å². The van der Waals surface area contributed by atoms with Gasteiger partial charge in [-0.25, -0.2) is 14.0 Å². The molecule has 6 rings (SSSR count). The summed E-state index contributed by atoms with van der Waals surface area (Å²) >= 11 is 0. The Kier molecular flexibility index (Phi) is 4.93. The summed E-state index contributed by atoms with van der Waals surface area (Å²) in [5.74, 6) is 1.30. The van der Waals surface area contributed by atoms with Crippen LogP contribution in [0.3, 0.4) is 0 Å². The van der Waals surface area contributed by atoms with Crippen molar-refractivity contribution in [2.75, 3.05) is 6.54 Å². The number of aromatic nitrogens is 5. The molecule has 0 radical (unpaired) electrons. The molecule has 0 N–H and O–H groups in total. The van der Waals surface area contributed by atoms with Gasteiger partial charge in [0.15, 0.2) is 11.3 Å². The van der Waals surface area contributed by atoms with E-state index in [1.54, 1.807) is 4.52 Å². The van der Waals surface area contributed by atoms with Crippen LogP contribution in [0, 0.1) is 12.8 Å². The van der Waals surface area contributed by atoms with Crippen LogP contribution in [-0.4, -0.2) is 41.6 Å². The Morgan fingerprint density at radius 3 is 2.79 bits per heavy atom. The highest BCUT2D eigenvalue weighted by molar-refractivity contribution is 5.94. The summed E-state index contributed by atoms with van der Waals surface area (Å²) in [6.07, 6.45) is 10.7. The topological polar surface area (TPSA) is 67.8 Å². The van der Waals surface area contributed by atoms with E-state index in [0.717, 1.165) is 48.6 Å². The molecule has 4 aromatic rings. The number of carbonyl (C=O) groups is 1. The molecule has 0 aromatic carbocycles. The van der Waals surface area contributed by atoms with Crippen molar-refractivity contribution in [2.45, 2.75) is 64.3 Å². The van der Waals surface area contributed by atoms with Gasteiger partial charge in [0.05, 0.1) is 22.9 Å². The molecule has 5 heterocycles. The number of hydrogen-bond donors (Lipinski definition) is 0. The number of fused-ring (bicyclic) bond motifs is 2. The SMILES string of the molecule is Cc1cn2nc([C@@H]3CCCCN3C(=O)c3cc4ccccn4n3)cc2nc1C1CC[C@H](C)C1. The predicted molar refractivity (Wildman–Crippen MR) is 126 cm³/mol. The number of nitrogens with zero attached hydrogens (tertiary/aromatic N) is 6. The van der Waals surface area contributed by atoms with E-state index < -0.39 is 0 Å². The first kappa shape index (κ1) is 20.4. The zero-order valence-corrected chi connectivity index (χ0v) is 19.3. The summed E-state index contributed by atoms with van der Waals surface area (Å²) in [6.45, 7) is 5.21. The smallest absolute Gasteiger partial charge is 0.274 e. The molecule has 1 amide bonds. The second kappa shape index (κ2) is 7.97. The van der Waals surface area contributed by atoms with Gasteiger partial charge in [-0.15, -0.1) is 0 Å². The average Bonchev–Trinajstić information content (AvgIpc) is 3.55. The van der Waals surface area contributed by atoms with Crippen LogP contribution >= 0.6 is 0 Å². The minimum atomic E-state index is -0.0481. The zero-order valence-electron chi connectivity index (χ0n) is 19.3. The third-order valence-electron chi connectivity index (χ3n) is 7.47. The van der Waals surface area contributed by atoms with Gasteiger partial charge in [-0.2, -0.15) is 10.2 Å². The predicted octanol–water partition coefficient (Wildman–Crippen LogP) is 4.96. The van der Waals surface area contributed by atoms with Crippen LogP contribution in [0.2, 0.25) is 0 Å². The lowest BCUT2D eigenvalue weighted by atomic mass is 9.98. The first-order valence-corrected chi connectivity index (χ1v) is 12.2. The molecular formula is C26H30N6O. The summed E-state index contributed by atoms with van der Waals surface area (Å²) in [5, 5.41) is 9.40. The van der Waals surface area contributed by atoms with Crippen molar-refractivity contribution >= 4 is 17.1 Å². The van der Waals surface area contributed by atoms with E-state index in [1.807, 2.05) is 39.9 Å². The number of piperidine rings is 1. The number of amides is 1. The number of aryl methyl sites for hydroxylation is 1. The number of likely N-dealkylation sites (tertiary alicyclic amines) is 1. The molecule has 2 fully saturated rings. The van der Waals surface area contributed by atoms with E-state index in [2.05, 4.69) is 31.2 Å². The highest BCUT2D eigenvalue weighted by Crippen LogP contribution is 2.39. The molecule has 0 spiro atoms. The Labute approximate surface area is 193 Å². The van der Waals surface area contributed by atoms with Crippen molar-refractivity contribution in [3.63, 3.8) is 0 Å². The lowest BCUT2D eigenvalue weighted by Crippen LogP contribution is -2.39. The van der Waals surface area contributed by atoms with E-state index in [9.17, 15) is 4.79 Å². The van der Waals surface area contributed by atoms with Crippen molar-refractivity contribution in [2.24, 2.45) is 5.92 Å². The van der Waals surface area contributed by atoms with E-state index in [0.29, 0.717) is 11.6 Å². The first-order valence-electron chi connectivity index (χ1n) is 12.2. The molecule has 7 nitrogen and oxygen atoms in total. The maximum absolute atomic E-state index is 13.5. The van der Waals surface area contributed by atoms with Crippen LogP contribution in [0.4, 0.5) is 0 Å². The minimum Gasteiger partial charge on any atom is -0.329 e. The minimum absolute atomic E-state index is 0.0229. The van der Waals surface area contributed by atoms with Crippen molar-refractivity contribution in [1.29, 1.82) is 0 Å². The maximum Gasteiger partial charge on any atom is 0.274 e. The number of carbonyl (C=O) groups excluding carboxylic acids is 1. The Balaban J connectivity index is 1.33. The third-order valence-corrected chi connectivity index (χ3v) is 7.47. The van der Waals surface area contributed by atoms with Gasteiger partial charge < -0.3 is 4.90 Å². The lowest BCUT2D eigenvalue weighted by Gasteiger charge is -2.34. The first-order chi connectivity index (χ1) is 16.1. The van der Waals surface area contributed by atoms with E-state index in [1.165, 1.54) is 30.5 Å². The fourth-order valence-corrected chi connectivity index (χ4v) is 5.75. The van der Waals surface area contributed by atoms with E-state index >= 15 is 0 Å². The van der Waals surface area contributed by atoms with Gasteiger partial charge in [0.25, 0.3) is 5.91 Å². The fraction of sp³-hybridized carbons (Fsp3) is 0.462. The van der Waals surface area contributed by atoms with Gasteiger partial charge in [0.1, 0.15) is 0 Å². The molecule has 1 unspecified atom stereocenters. The largest absolute Gasteiger partial charge is 0.329 e. The second-order valence-corrected chi connectivity index (χ2v) is 9.91. The molecule has 170 valence electrons. The standard InChI is InChI=1S/C26H30N6O/c1-17-9-10-19(13-17)25-18(2)16-32-24(27-25)15-21(28-32)23-8-4-5-11-30(23)26(33)22-14-20-7-3-6-12-31(20)29-22/h3,6-7,12,14-17,19,23H,4-5,8-11,13H2,1-2H3/t17-,19?,23-/m0/s1. The van der Waals surface area contributed by atoms with Gasteiger partial charge in [-0.05, 0) is 68.7 Å². The number of hydrogen-bond acceptors (Lipinski definition) is 4. The van der Waals surface area contributed by atoms with E-state index in [4.69, 9.17) is 10.1 Å². The van der Waals surface area contributed by atoms with Gasteiger partial charge >= 0.3 is 0 Å². The average molecular weight is 443 g/mol. The third kappa shape index (κ3) is 3.59. The Hall–Kier alpha value is -3.22. The zero-order chi connectivity index (χ0) is 22.5. The van der Waals surface area contributed by atoms with Crippen molar-refractivity contribution in [3.05, 3.63) is 65.4 Å². The molecule has 33 heavy (non-hydrogen) atoms. The Morgan fingerprint density at radius 1 is 1.06 bits per heavy atom. The van der Waals surface area contributed by atoms with E-state index in [-0.39, 0.29) is 11.9 Å². The van der Waals surface area contributed by atoms with Crippen molar-refractivity contribution < 1.29 is 4.79 Å². The molecular weight excluding hydrogens is 412 g/mol. The molecule has 1 aliphatic carbocycles. The van der Waals surface area contributed by atoms with Gasteiger partial charge in [0, 0.05) is 30.9 Å². The molecule has 3 atom stereocenters. The Bertz CT molecular complexity index is 1300. The second-order valence-electron chi connectivity index (χ2n) is 9.91. The molecule has 2 aliphatic rings. The number of pyridine rings is 1. The van der Waals surface area contributed by atoms with Crippen molar-refractivity contribution in [3.8, 4) is 0 Å². The highest BCUT2D eigenvalue weighted by atomic mass is 16.2. The monoisotopic (exact) mass is 442 g/mol. The van der Waals surface area contributed by atoms with Crippen molar-refractivity contribution in [1.82, 2.24) is 29.1 Å². The van der Waals surface area contributed by atoms with Gasteiger partial charge in [0.2, 0.25) is 0 Å². The summed E-state index contributed by atoms with van der Waals surface area (Å²) in [7, 11) is 0. The molecule has 4 aromatic heterocycles. The maximum atomic E-state index is 13.5. The molecule has 1 saturated carbocycles. The van der Waals surface area contributed by atoms with Crippen LogP contribution in [0.5, 0.6) is 0 Å². The van der Waals surface area contributed by atoms with Crippen LogP contribution in [-0.2, 0) is 0 Å². The Morgan fingerprint density at radius 2 is 1.97 bits per heavy atom. The highest BCUT2D eigenvalue weighted by Gasteiger charge is 2.32. The fourth-order valence-electron chi connectivity index (χ4n) is 5.75. The van der Waals surface area contributed by atoms with Gasteiger partial charge in [-0.3, -0.25) is 4.79 Å². The molecule has 1 saturated heterocycles. The number of rotatable bonds is 3. The summed E-state index contributed by atoms with van der Waals surface area (Å²) in [5.41, 5.74) is 5.66. The quantitative estimate of drug-likeness (QED) is 0.450. The molecule has 1 aliphatic heterocycles. The summed E-state index contributed by atoms with van der Waals surface area (Å²) in [6, 6.07) is 9.76. The van der Waals surface area contributed by atoms with Gasteiger partial charge in [-0.1, -0.05) is 19.4 Å². The van der Waals surface area contributed by atoms with Crippen LogP contribution in [0.1, 0.15) is 84.8 Å². The normalized spacial score (nSPS) is 23.6. The van der Waals surface area contributed by atoms with Crippen LogP contribution < -0.4 is 0 Å². The van der Waals surface area contributed by atoms with Crippen LogP contribution in [0.15, 0.2) is 42.7 Å². The summed E-state index contributed by atoms with van der Waals surface area (Å²) < 4.78 is 3.66. The molecule has 0 bridgehead atoms. The molecule has 7 heteroatoms.